The number of quaternary nitrogens is 1. The van der Waals surface area contributed by atoms with E-state index in [1.165, 1.54) is 4.90 Å². The highest BCUT2D eigenvalue weighted by Crippen LogP contribution is 2.30. The van der Waals surface area contributed by atoms with Gasteiger partial charge in [-0.15, -0.1) is 0 Å². The Labute approximate surface area is 156 Å². The van der Waals surface area contributed by atoms with E-state index in [1.807, 2.05) is 42.6 Å². The fraction of sp³-hybridized carbons (Fsp3) is 0.500. The third-order valence-electron chi connectivity index (χ3n) is 5.45. The minimum Gasteiger partial charge on any atom is -0.333 e. The van der Waals surface area contributed by atoms with Crippen LogP contribution in [0, 0.1) is 0 Å². The molecule has 1 aromatic rings. The van der Waals surface area contributed by atoms with Crippen molar-refractivity contribution in [3.05, 3.63) is 35.9 Å². The van der Waals surface area contributed by atoms with Crippen LogP contribution in [-0.2, 0) is 9.59 Å². The summed E-state index contributed by atoms with van der Waals surface area (Å²) in [5, 5.41) is 2.05. The molecule has 0 radical (unpaired) electrons. The number of rotatable bonds is 3. The van der Waals surface area contributed by atoms with Crippen LogP contribution >= 0.6 is 11.8 Å². The normalized spacial score (nSPS) is 27.0. The zero-order valence-corrected chi connectivity index (χ0v) is 15.5. The van der Waals surface area contributed by atoms with Crippen LogP contribution in [0.4, 0.5) is 4.79 Å². The van der Waals surface area contributed by atoms with Gasteiger partial charge in [0, 0.05) is 13.1 Å². The molecule has 4 amide bonds. The van der Waals surface area contributed by atoms with Crippen LogP contribution in [0.3, 0.4) is 0 Å². The number of benzene rings is 1. The minimum absolute atomic E-state index is 0.0573. The maximum Gasteiger partial charge on any atom is 0.328 e. The molecule has 0 aromatic heterocycles. The number of hydrogen-bond donors (Lipinski definition) is 1. The van der Waals surface area contributed by atoms with Crippen molar-refractivity contribution in [3.63, 3.8) is 0 Å². The first-order chi connectivity index (χ1) is 12.6. The number of hydrogen-bond acceptors (Lipinski definition) is 4. The molecular weight excluding hydrogens is 352 g/mol. The Morgan fingerprint density at radius 3 is 2.69 bits per heavy atom. The van der Waals surface area contributed by atoms with Crippen molar-refractivity contribution in [3.8, 4) is 0 Å². The number of thioether (sulfide) groups is 1. The summed E-state index contributed by atoms with van der Waals surface area (Å²) < 4.78 is 0. The topological polar surface area (TPSA) is 77.5 Å². The Morgan fingerprint density at radius 2 is 2.00 bits per heavy atom. The monoisotopic (exact) mass is 375 g/mol. The molecule has 0 unspecified atom stereocenters. The molecule has 3 aliphatic rings. The van der Waals surface area contributed by atoms with Crippen LogP contribution in [0.1, 0.15) is 18.5 Å². The third-order valence-corrected chi connectivity index (χ3v) is 6.47. The van der Waals surface area contributed by atoms with Gasteiger partial charge in [0.1, 0.15) is 11.9 Å². The van der Waals surface area contributed by atoms with Gasteiger partial charge in [0.15, 0.2) is 6.04 Å². The van der Waals surface area contributed by atoms with Gasteiger partial charge in [-0.1, -0.05) is 42.1 Å². The number of carbonyl (C=O) groups is 3. The molecule has 4 rings (SSSR count). The van der Waals surface area contributed by atoms with Gasteiger partial charge in [-0.25, -0.2) is 4.79 Å². The van der Waals surface area contributed by atoms with E-state index in [-0.39, 0.29) is 29.9 Å². The van der Waals surface area contributed by atoms with Crippen molar-refractivity contribution in [2.75, 3.05) is 31.3 Å². The lowest BCUT2D eigenvalue weighted by molar-refractivity contribution is -0.649. The summed E-state index contributed by atoms with van der Waals surface area (Å²) in [5.41, 5.74) is 0.930. The lowest BCUT2D eigenvalue weighted by Gasteiger charge is -2.35. The Hall–Kier alpha value is -2.06. The third kappa shape index (κ3) is 2.87. The molecule has 0 saturated carbocycles. The molecule has 1 aromatic carbocycles. The van der Waals surface area contributed by atoms with Crippen molar-refractivity contribution < 1.29 is 19.7 Å². The largest absolute Gasteiger partial charge is 0.333 e. The number of fused-ring (bicyclic) bond motifs is 1. The van der Waals surface area contributed by atoms with Gasteiger partial charge in [-0.05, 0) is 12.5 Å². The highest BCUT2D eigenvalue weighted by atomic mass is 32.2. The second kappa shape index (κ2) is 6.92. The molecular formula is C18H23N4O3S+. The number of nitrogens with zero attached hydrogens (tertiary/aromatic N) is 3. The van der Waals surface area contributed by atoms with E-state index < -0.39 is 6.04 Å². The molecule has 7 nitrogen and oxygen atoms in total. The van der Waals surface area contributed by atoms with Gasteiger partial charge in [0.2, 0.25) is 0 Å². The summed E-state index contributed by atoms with van der Waals surface area (Å²) in [6.07, 6.45) is 0. The predicted octanol–water partition coefficient (Wildman–Crippen LogP) is -0.141. The molecule has 0 bridgehead atoms. The van der Waals surface area contributed by atoms with Gasteiger partial charge in [-0.3, -0.25) is 14.5 Å². The van der Waals surface area contributed by atoms with Crippen molar-refractivity contribution in [2.45, 2.75) is 25.0 Å². The summed E-state index contributed by atoms with van der Waals surface area (Å²) in [6, 6.07) is 8.39. The number of carbonyl (C=O) groups excluding carboxylic acids is 3. The molecule has 26 heavy (non-hydrogen) atoms. The standard InChI is InChI=1S/C18H22N4O3S/c1-12(13-5-3-2-4-6-13)22-17(24)15-9-20(7-8-21(15)18(22)25)16(23)14-10-26-11-19-14/h2-6,12,14-15,19H,7-11H2,1H3/p+1/t12-,14-,15-/m0/s1. The Morgan fingerprint density at radius 1 is 1.23 bits per heavy atom. The van der Waals surface area contributed by atoms with Gasteiger partial charge in [0.25, 0.3) is 11.8 Å². The van der Waals surface area contributed by atoms with E-state index in [2.05, 4.69) is 0 Å². The maximum atomic E-state index is 13.0. The average molecular weight is 375 g/mol. The van der Waals surface area contributed by atoms with E-state index in [0.29, 0.717) is 19.6 Å². The van der Waals surface area contributed by atoms with E-state index in [1.54, 1.807) is 21.6 Å². The first kappa shape index (κ1) is 17.4. The second-order valence-corrected chi connectivity index (χ2v) is 8.03. The molecule has 2 N–H and O–H groups in total. The summed E-state index contributed by atoms with van der Waals surface area (Å²) in [6.45, 7) is 3.09. The number of imide groups is 1. The number of amides is 4. The first-order valence-corrected chi connectivity index (χ1v) is 10.1. The van der Waals surface area contributed by atoms with E-state index in [4.69, 9.17) is 0 Å². The Bertz CT molecular complexity index is 722. The van der Waals surface area contributed by atoms with Crippen molar-refractivity contribution in [2.24, 2.45) is 0 Å². The van der Waals surface area contributed by atoms with Crippen LogP contribution in [0.5, 0.6) is 0 Å². The molecule has 3 atom stereocenters. The quantitative estimate of drug-likeness (QED) is 0.746. The minimum atomic E-state index is -0.555. The van der Waals surface area contributed by atoms with Crippen LogP contribution in [-0.4, -0.2) is 75.9 Å². The average Bonchev–Trinajstić information content (AvgIpc) is 3.29. The molecule has 3 fully saturated rings. The lowest BCUT2D eigenvalue weighted by Crippen LogP contribution is -2.90. The second-order valence-electron chi connectivity index (χ2n) is 6.95. The Balaban J connectivity index is 1.50. The summed E-state index contributed by atoms with van der Waals surface area (Å²) >= 11 is 1.75. The van der Waals surface area contributed by atoms with Crippen molar-refractivity contribution >= 4 is 29.6 Å². The van der Waals surface area contributed by atoms with Crippen LogP contribution in [0.15, 0.2) is 30.3 Å². The number of nitrogens with two attached hydrogens (primary N) is 1. The zero-order valence-electron chi connectivity index (χ0n) is 14.7. The molecule has 138 valence electrons. The predicted molar refractivity (Wildman–Crippen MR) is 97.2 cm³/mol. The van der Waals surface area contributed by atoms with Crippen LogP contribution < -0.4 is 5.32 Å². The maximum absolute atomic E-state index is 13.0. The van der Waals surface area contributed by atoms with Gasteiger partial charge in [0.05, 0.1) is 18.3 Å². The van der Waals surface area contributed by atoms with Crippen molar-refractivity contribution in [1.29, 1.82) is 0 Å². The molecule has 0 spiro atoms. The summed E-state index contributed by atoms with van der Waals surface area (Å²) in [7, 11) is 0. The van der Waals surface area contributed by atoms with Crippen molar-refractivity contribution in [1.82, 2.24) is 14.7 Å². The Kier molecular flexibility index (Phi) is 4.62. The first-order valence-electron chi connectivity index (χ1n) is 8.96. The van der Waals surface area contributed by atoms with Gasteiger partial charge >= 0.3 is 6.03 Å². The molecule has 8 heteroatoms. The van der Waals surface area contributed by atoms with E-state index >= 15 is 0 Å². The summed E-state index contributed by atoms with van der Waals surface area (Å²) in [5.74, 6) is 1.60. The fourth-order valence-corrected chi connectivity index (χ4v) is 4.94. The van der Waals surface area contributed by atoms with Crippen LogP contribution in [0.25, 0.3) is 0 Å². The highest BCUT2D eigenvalue weighted by Gasteiger charge is 2.50. The van der Waals surface area contributed by atoms with E-state index in [0.717, 1.165) is 17.2 Å². The smallest absolute Gasteiger partial charge is 0.328 e. The highest BCUT2D eigenvalue weighted by molar-refractivity contribution is 7.99. The SMILES string of the molecule is C[C@@H](c1ccccc1)N1C(=O)[C@@H]2CN(C(=O)[C@@H]3CSC[NH2+]3)CCN2C1=O. The molecule has 3 saturated heterocycles. The lowest BCUT2D eigenvalue weighted by atomic mass is 10.1. The van der Waals surface area contributed by atoms with Crippen LogP contribution in [0.2, 0.25) is 0 Å². The molecule has 3 heterocycles. The zero-order chi connectivity index (χ0) is 18.3. The number of piperazine rings is 1. The van der Waals surface area contributed by atoms with Gasteiger partial charge in [-0.2, -0.15) is 0 Å². The number of urea groups is 1. The molecule has 3 aliphatic heterocycles. The molecule has 0 aliphatic carbocycles. The fourth-order valence-electron chi connectivity index (χ4n) is 3.91. The van der Waals surface area contributed by atoms with Gasteiger partial charge < -0.3 is 15.1 Å². The summed E-state index contributed by atoms with van der Waals surface area (Å²) in [4.78, 5) is 43.2. The van der Waals surface area contributed by atoms with E-state index in [9.17, 15) is 14.4 Å².